The van der Waals surface area contributed by atoms with Gasteiger partial charge in [-0.1, -0.05) is 30.3 Å². The monoisotopic (exact) mass is 215 g/mol. The summed E-state index contributed by atoms with van der Waals surface area (Å²) in [7, 11) is 0. The van der Waals surface area contributed by atoms with E-state index in [1.165, 1.54) is 6.33 Å². The van der Waals surface area contributed by atoms with Crippen molar-refractivity contribution < 1.29 is 4.74 Å². The third kappa shape index (κ3) is 2.77. The van der Waals surface area contributed by atoms with E-state index in [4.69, 9.17) is 10.5 Å². The average Bonchev–Trinajstić information content (AvgIpc) is 2.38. The summed E-state index contributed by atoms with van der Waals surface area (Å²) < 4.78 is 5.53. The molecule has 0 fully saturated rings. The zero-order valence-electron chi connectivity index (χ0n) is 8.84. The van der Waals surface area contributed by atoms with Crippen LogP contribution in [0.15, 0.2) is 42.7 Å². The van der Waals surface area contributed by atoms with Crippen molar-refractivity contribution in [1.82, 2.24) is 9.97 Å². The molecule has 0 bridgehead atoms. The van der Waals surface area contributed by atoms with Gasteiger partial charge in [0.2, 0.25) is 5.88 Å². The van der Waals surface area contributed by atoms with Gasteiger partial charge in [0, 0.05) is 12.6 Å². The van der Waals surface area contributed by atoms with E-state index >= 15 is 0 Å². The molecule has 2 N–H and O–H groups in total. The van der Waals surface area contributed by atoms with E-state index in [0.717, 1.165) is 11.3 Å². The predicted octanol–water partition coefficient (Wildman–Crippen LogP) is 1.51. The summed E-state index contributed by atoms with van der Waals surface area (Å²) in [6.07, 6.45) is 1.46. The smallest absolute Gasteiger partial charge is 0.216 e. The van der Waals surface area contributed by atoms with Gasteiger partial charge in [0.25, 0.3) is 0 Å². The first-order chi connectivity index (χ1) is 7.88. The molecule has 0 spiro atoms. The maximum atomic E-state index is 5.53. The van der Waals surface area contributed by atoms with E-state index in [1.807, 2.05) is 30.3 Å². The lowest BCUT2D eigenvalue weighted by atomic mass is 10.2. The lowest BCUT2D eigenvalue weighted by Gasteiger charge is -2.05. The van der Waals surface area contributed by atoms with E-state index in [9.17, 15) is 0 Å². The van der Waals surface area contributed by atoms with Gasteiger partial charge >= 0.3 is 0 Å². The van der Waals surface area contributed by atoms with Gasteiger partial charge in [-0.3, -0.25) is 0 Å². The summed E-state index contributed by atoms with van der Waals surface area (Å²) in [5.41, 5.74) is 7.36. The molecule has 0 saturated carbocycles. The standard InChI is InChI=1S/C12H13N3O/c13-7-11-6-12(15-9-14-11)16-8-10-4-2-1-3-5-10/h1-6,9H,7-8,13H2. The van der Waals surface area contributed by atoms with Crippen molar-refractivity contribution in [3.8, 4) is 5.88 Å². The first-order valence-corrected chi connectivity index (χ1v) is 5.06. The molecule has 0 aliphatic rings. The second-order valence-corrected chi connectivity index (χ2v) is 3.33. The minimum Gasteiger partial charge on any atom is -0.473 e. The molecule has 2 rings (SSSR count). The van der Waals surface area contributed by atoms with E-state index in [1.54, 1.807) is 6.07 Å². The largest absolute Gasteiger partial charge is 0.473 e. The van der Waals surface area contributed by atoms with E-state index < -0.39 is 0 Å². The molecular weight excluding hydrogens is 202 g/mol. The summed E-state index contributed by atoms with van der Waals surface area (Å²) in [6, 6.07) is 11.7. The average molecular weight is 215 g/mol. The maximum Gasteiger partial charge on any atom is 0.216 e. The third-order valence-electron chi connectivity index (χ3n) is 2.14. The minimum absolute atomic E-state index is 0.393. The van der Waals surface area contributed by atoms with E-state index in [-0.39, 0.29) is 0 Å². The number of benzene rings is 1. The lowest BCUT2D eigenvalue weighted by Crippen LogP contribution is -2.02. The van der Waals surface area contributed by atoms with Gasteiger partial charge in [-0.05, 0) is 5.56 Å². The van der Waals surface area contributed by atoms with Crippen LogP contribution in [0.1, 0.15) is 11.3 Å². The molecule has 0 aliphatic heterocycles. The van der Waals surface area contributed by atoms with Gasteiger partial charge in [-0.15, -0.1) is 0 Å². The van der Waals surface area contributed by atoms with Crippen molar-refractivity contribution in [2.24, 2.45) is 5.73 Å². The Kier molecular flexibility index (Phi) is 3.46. The Hall–Kier alpha value is -1.94. The molecule has 4 nitrogen and oxygen atoms in total. The fourth-order valence-electron chi connectivity index (χ4n) is 1.30. The molecule has 16 heavy (non-hydrogen) atoms. The van der Waals surface area contributed by atoms with Gasteiger partial charge in [-0.25, -0.2) is 9.97 Å². The Morgan fingerprint density at radius 3 is 2.69 bits per heavy atom. The molecule has 2 aromatic rings. The third-order valence-corrected chi connectivity index (χ3v) is 2.14. The van der Waals surface area contributed by atoms with E-state index in [0.29, 0.717) is 19.0 Å². The number of hydrogen-bond acceptors (Lipinski definition) is 4. The Balaban J connectivity index is 1.99. The van der Waals surface area contributed by atoms with Gasteiger partial charge in [0.05, 0.1) is 5.69 Å². The van der Waals surface area contributed by atoms with Crippen molar-refractivity contribution in [3.63, 3.8) is 0 Å². The predicted molar refractivity (Wildman–Crippen MR) is 60.7 cm³/mol. The van der Waals surface area contributed by atoms with Crippen LogP contribution in [0.2, 0.25) is 0 Å². The maximum absolute atomic E-state index is 5.53. The number of nitrogens with zero attached hydrogens (tertiary/aromatic N) is 2. The SMILES string of the molecule is NCc1cc(OCc2ccccc2)ncn1. The van der Waals surface area contributed by atoms with Gasteiger partial charge in [-0.2, -0.15) is 0 Å². The number of rotatable bonds is 4. The van der Waals surface area contributed by atoms with Crippen LogP contribution >= 0.6 is 0 Å². The fourth-order valence-corrected chi connectivity index (χ4v) is 1.30. The van der Waals surface area contributed by atoms with Crippen LogP contribution < -0.4 is 10.5 Å². The molecule has 0 unspecified atom stereocenters. The number of aromatic nitrogens is 2. The number of ether oxygens (including phenoxy) is 1. The molecule has 0 atom stereocenters. The summed E-state index contributed by atoms with van der Waals surface area (Å²) >= 11 is 0. The van der Waals surface area contributed by atoms with Crippen molar-refractivity contribution in [2.75, 3.05) is 0 Å². The molecule has 1 heterocycles. The normalized spacial score (nSPS) is 10.1. The lowest BCUT2D eigenvalue weighted by molar-refractivity contribution is 0.293. The van der Waals surface area contributed by atoms with Crippen molar-refractivity contribution in [3.05, 3.63) is 54.0 Å². The molecule has 0 saturated heterocycles. The highest BCUT2D eigenvalue weighted by Gasteiger charge is 1.98. The van der Waals surface area contributed by atoms with Crippen LogP contribution in [0.3, 0.4) is 0 Å². The van der Waals surface area contributed by atoms with Gasteiger partial charge in [0.15, 0.2) is 0 Å². The number of hydrogen-bond donors (Lipinski definition) is 1. The second-order valence-electron chi connectivity index (χ2n) is 3.33. The van der Waals surface area contributed by atoms with Crippen molar-refractivity contribution in [1.29, 1.82) is 0 Å². The molecule has 0 amide bonds. The summed E-state index contributed by atoms with van der Waals surface area (Å²) in [4.78, 5) is 8.01. The van der Waals surface area contributed by atoms with Gasteiger partial charge < -0.3 is 10.5 Å². The quantitative estimate of drug-likeness (QED) is 0.839. The van der Waals surface area contributed by atoms with Crippen LogP contribution in [0.25, 0.3) is 0 Å². The zero-order valence-corrected chi connectivity index (χ0v) is 8.84. The summed E-state index contributed by atoms with van der Waals surface area (Å²) in [5.74, 6) is 0.555. The van der Waals surface area contributed by atoms with Crippen LogP contribution in [-0.4, -0.2) is 9.97 Å². The fraction of sp³-hybridized carbons (Fsp3) is 0.167. The Morgan fingerprint density at radius 2 is 1.94 bits per heavy atom. The zero-order chi connectivity index (χ0) is 11.2. The van der Waals surface area contributed by atoms with Crippen LogP contribution in [0, 0.1) is 0 Å². The first-order valence-electron chi connectivity index (χ1n) is 5.06. The van der Waals surface area contributed by atoms with Gasteiger partial charge in [0.1, 0.15) is 12.9 Å². The highest BCUT2D eigenvalue weighted by atomic mass is 16.5. The highest BCUT2D eigenvalue weighted by Crippen LogP contribution is 2.09. The Bertz CT molecular complexity index is 445. The van der Waals surface area contributed by atoms with Crippen LogP contribution in [0.5, 0.6) is 5.88 Å². The molecule has 4 heteroatoms. The summed E-state index contributed by atoms with van der Waals surface area (Å²) in [6.45, 7) is 0.895. The first kappa shape index (κ1) is 10.6. The van der Waals surface area contributed by atoms with Crippen molar-refractivity contribution >= 4 is 0 Å². The molecule has 82 valence electrons. The molecule has 0 radical (unpaired) electrons. The highest BCUT2D eigenvalue weighted by molar-refractivity contribution is 5.17. The van der Waals surface area contributed by atoms with E-state index in [2.05, 4.69) is 9.97 Å². The summed E-state index contributed by atoms with van der Waals surface area (Å²) in [5, 5.41) is 0. The number of nitrogens with two attached hydrogens (primary N) is 1. The van der Waals surface area contributed by atoms with Crippen LogP contribution in [-0.2, 0) is 13.2 Å². The minimum atomic E-state index is 0.393. The van der Waals surface area contributed by atoms with Crippen LogP contribution in [0.4, 0.5) is 0 Å². The molecule has 1 aromatic heterocycles. The molecule has 0 aliphatic carbocycles. The Morgan fingerprint density at radius 1 is 1.12 bits per heavy atom. The topological polar surface area (TPSA) is 61.0 Å². The molecule has 1 aromatic carbocycles. The van der Waals surface area contributed by atoms with Crippen molar-refractivity contribution in [2.45, 2.75) is 13.2 Å². The Labute approximate surface area is 94.1 Å². The molecular formula is C12H13N3O. The second kappa shape index (κ2) is 5.23.